The van der Waals surface area contributed by atoms with Crippen LogP contribution in [0.3, 0.4) is 0 Å². The zero-order chi connectivity index (χ0) is 17.8. The summed E-state index contributed by atoms with van der Waals surface area (Å²) in [6, 6.07) is 11.5. The van der Waals surface area contributed by atoms with Crippen LogP contribution in [0.25, 0.3) is 10.6 Å². The smallest absolute Gasteiger partial charge is 0.228 e. The quantitative estimate of drug-likeness (QED) is 0.608. The van der Waals surface area contributed by atoms with E-state index in [2.05, 4.69) is 4.98 Å². The second-order valence-electron chi connectivity index (χ2n) is 5.50. The van der Waals surface area contributed by atoms with E-state index in [1.54, 1.807) is 19.1 Å². The SMILES string of the molecule is COc1ccc(-c2nc(CC(=O)N(C)Cc3ccc(Cl)s3)cs2)cc1. The van der Waals surface area contributed by atoms with Gasteiger partial charge in [0.25, 0.3) is 0 Å². The normalized spacial score (nSPS) is 10.7. The van der Waals surface area contributed by atoms with Gasteiger partial charge in [0.1, 0.15) is 10.8 Å². The molecule has 0 aliphatic heterocycles. The number of ether oxygens (including phenoxy) is 1. The average Bonchev–Trinajstić information content (AvgIpc) is 3.24. The highest BCUT2D eigenvalue weighted by Gasteiger charge is 2.14. The van der Waals surface area contributed by atoms with Gasteiger partial charge in [-0.15, -0.1) is 22.7 Å². The molecule has 1 amide bonds. The Hall–Kier alpha value is -1.89. The first-order valence-electron chi connectivity index (χ1n) is 7.62. The number of amides is 1. The molecule has 0 unspecified atom stereocenters. The molecule has 4 nitrogen and oxygen atoms in total. The van der Waals surface area contributed by atoms with Gasteiger partial charge in [-0.3, -0.25) is 4.79 Å². The topological polar surface area (TPSA) is 42.4 Å². The maximum Gasteiger partial charge on any atom is 0.228 e. The summed E-state index contributed by atoms with van der Waals surface area (Å²) in [6.45, 7) is 0.561. The number of likely N-dealkylation sites (N-methyl/N-ethyl adjacent to an activating group) is 1. The lowest BCUT2D eigenvalue weighted by atomic mass is 10.2. The molecule has 0 aliphatic carbocycles. The van der Waals surface area contributed by atoms with E-state index in [0.29, 0.717) is 13.0 Å². The van der Waals surface area contributed by atoms with Crippen molar-refractivity contribution in [2.24, 2.45) is 0 Å². The molecule has 0 N–H and O–H groups in total. The molecule has 0 fully saturated rings. The number of thiophene rings is 1. The lowest BCUT2D eigenvalue weighted by molar-refractivity contribution is -0.129. The number of thiazole rings is 1. The Morgan fingerprint density at radius 3 is 2.64 bits per heavy atom. The van der Waals surface area contributed by atoms with Crippen molar-refractivity contribution in [2.45, 2.75) is 13.0 Å². The Labute approximate surface area is 159 Å². The van der Waals surface area contributed by atoms with Gasteiger partial charge in [0.15, 0.2) is 0 Å². The van der Waals surface area contributed by atoms with Crippen LogP contribution in [0.1, 0.15) is 10.6 Å². The molecule has 1 aromatic carbocycles. The van der Waals surface area contributed by atoms with Crippen LogP contribution >= 0.6 is 34.3 Å². The van der Waals surface area contributed by atoms with Crippen molar-refractivity contribution >= 4 is 40.2 Å². The standard InChI is InChI=1S/C18H17ClN2O2S2/c1-21(10-15-7-8-16(19)25-15)17(22)9-13-11-24-18(20-13)12-3-5-14(23-2)6-4-12/h3-8,11H,9-10H2,1-2H3. The van der Waals surface area contributed by atoms with Crippen molar-refractivity contribution in [2.75, 3.05) is 14.2 Å². The Balaban J connectivity index is 1.62. The number of benzene rings is 1. The van der Waals surface area contributed by atoms with Gasteiger partial charge in [-0.2, -0.15) is 0 Å². The lowest BCUT2D eigenvalue weighted by Gasteiger charge is -2.15. The summed E-state index contributed by atoms with van der Waals surface area (Å²) in [5, 5.41) is 2.84. The van der Waals surface area contributed by atoms with Crippen molar-refractivity contribution < 1.29 is 9.53 Å². The van der Waals surface area contributed by atoms with Gasteiger partial charge in [0.2, 0.25) is 5.91 Å². The van der Waals surface area contributed by atoms with Crippen LogP contribution in [0, 0.1) is 0 Å². The molecule has 0 bridgehead atoms. The van der Waals surface area contributed by atoms with Gasteiger partial charge in [-0.1, -0.05) is 11.6 Å². The fourth-order valence-electron chi connectivity index (χ4n) is 2.30. The molecule has 2 heterocycles. The van der Waals surface area contributed by atoms with E-state index in [0.717, 1.165) is 31.2 Å². The predicted molar refractivity (Wildman–Crippen MR) is 104 cm³/mol. The van der Waals surface area contributed by atoms with Crippen LogP contribution < -0.4 is 4.74 Å². The predicted octanol–water partition coefficient (Wildman–Crippen LogP) is 4.73. The third-order valence-corrected chi connectivity index (χ3v) is 5.82. The van der Waals surface area contributed by atoms with E-state index < -0.39 is 0 Å². The second-order valence-corrected chi connectivity index (χ2v) is 8.16. The van der Waals surface area contributed by atoms with Crippen LogP contribution in [0.5, 0.6) is 5.75 Å². The average molecular weight is 393 g/mol. The maximum absolute atomic E-state index is 12.4. The number of hydrogen-bond acceptors (Lipinski definition) is 5. The minimum absolute atomic E-state index is 0.0381. The molecule has 0 saturated carbocycles. The molecule has 0 radical (unpaired) electrons. The number of carbonyl (C=O) groups excluding carboxylic acids is 1. The molecule has 0 atom stereocenters. The summed E-state index contributed by atoms with van der Waals surface area (Å²) >= 11 is 8.96. The Bertz CT molecular complexity index is 858. The van der Waals surface area contributed by atoms with E-state index in [-0.39, 0.29) is 5.91 Å². The number of halogens is 1. The van der Waals surface area contributed by atoms with Crippen LogP contribution in [0.2, 0.25) is 4.34 Å². The third-order valence-electron chi connectivity index (χ3n) is 3.67. The Kier molecular flexibility index (Phi) is 5.73. The van der Waals surface area contributed by atoms with Crippen LogP contribution in [0.15, 0.2) is 41.8 Å². The Morgan fingerprint density at radius 1 is 1.24 bits per heavy atom. The number of rotatable bonds is 6. The zero-order valence-electron chi connectivity index (χ0n) is 13.9. The summed E-state index contributed by atoms with van der Waals surface area (Å²) in [4.78, 5) is 19.8. The summed E-state index contributed by atoms with van der Waals surface area (Å²) in [7, 11) is 3.44. The van der Waals surface area contributed by atoms with Gasteiger partial charge < -0.3 is 9.64 Å². The molecule has 3 rings (SSSR count). The van der Waals surface area contributed by atoms with Crippen LogP contribution in [0.4, 0.5) is 0 Å². The van der Waals surface area contributed by atoms with Crippen molar-refractivity contribution in [3.05, 3.63) is 56.7 Å². The highest BCUT2D eigenvalue weighted by molar-refractivity contribution is 7.16. The number of methoxy groups -OCH3 is 1. The molecule has 3 aromatic rings. The monoisotopic (exact) mass is 392 g/mol. The van der Waals surface area contributed by atoms with E-state index >= 15 is 0 Å². The second kappa shape index (κ2) is 7.99. The van der Waals surface area contributed by atoms with Gasteiger partial charge in [0, 0.05) is 22.9 Å². The first-order chi connectivity index (χ1) is 12.0. The molecule has 0 aliphatic rings. The highest BCUT2D eigenvalue weighted by Crippen LogP contribution is 2.26. The largest absolute Gasteiger partial charge is 0.497 e. The maximum atomic E-state index is 12.4. The summed E-state index contributed by atoms with van der Waals surface area (Å²) in [5.41, 5.74) is 1.81. The molecule has 130 valence electrons. The molecule has 0 spiro atoms. The van der Waals surface area contributed by atoms with E-state index in [1.165, 1.54) is 22.7 Å². The number of hydrogen-bond donors (Lipinski definition) is 0. The minimum Gasteiger partial charge on any atom is -0.497 e. The molecule has 25 heavy (non-hydrogen) atoms. The Morgan fingerprint density at radius 2 is 2.00 bits per heavy atom. The summed E-state index contributed by atoms with van der Waals surface area (Å²) in [5.74, 6) is 0.849. The molecule has 7 heteroatoms. The van der Waals surface area contributed by atoms with Gasteiger partial charge >= 0.3 is 0 Å². The van der Waals surface area contributed by atoms with E-state index in [9.17, 15) is 4.79 Å². The van der Waals surface area contributed by atoms with E-state index in [4.69, 9.17) is 16.3 Å². The van der Waals surface area contributed by atoms with E-state index in [1.807, 2.05) is 41.8 Å². The van der Waals surface area contributed by atoms with Crippen molar-refractivity contribution in [3.63, 3.8) is 0 Å². The first-order valence-corrected chi connectivity index (χ1v) is 9.69. The third kappa shape index (κ3) is 4.60. The fourth-order valence-corrected chi connectivity index (χ4v) is 4.27. The van der Waals surface area contributed by atoms with Crippen molar-refractivity contribution in [1.82, 2.24) is 9.88 Å². The number of carbonyl (C=O) groups is 1. The van der Waals surface area contributed by atoms with Crippen molar-refractivity contribution in [3.8, 4) is 16.3 Å². The summed E-state index contributed by atoms with van der Waals surface area (Å²) < 4.78 is 5.90. The number of nitrogens with zero attached hydrogens (tertiary/aromatic N) is 2. The molecular weight excluding hydrogens is 376 g/mol. The molecule has 2 aromatic heterocycles. The molecular formula is C18H17ClN2O2S2. The first kappa shape index (κ1) is 17.9. The van der Waals surface area contributed by atoms with Crippen molar-refractivity contribution in [1.29, 1.82) is 0 Å². The number of aromatic nitrogens is 1. The highest BCUT2D eigenvalue weighted by atomic mass is 35.5. The fraction of sp³-hybridized carbons (Fsp3) is 0.222. The summed E-state index contributed by atoms with van der Waals surface area (Å²) in [6.07, 6.45) is 0.294. The van der Waals surface area contributed by atoms with Gasteiger partial charge in [0.05, 0.1) is 30.1 Å². The van der Waals surface area contributed by atoms with Crippen LogP contribution in [-0.4, -0.2) is 29.9 Å². The van der Waals surface area contributed by atoms with Crippen LogP contribution in [-0.2, 0) is 17.8 Å². The minimum atomic E-state index is 0.0381. The molecule has 0 saturated heterocycles. The zero-order valence-corrected chi connectivity index (χ0v) is 16.2. The lowest BCUT2D eigenvalue weighted by Crippen LogP contribution is -2.27. The van der Waals surface area contributed by atoms with Gasteiger partial charge in [-0.25, -0.2) is 4.98 Å². The van der Waals surface area contributed by atoms with Gasteiger partial charge in [-0.05, 0) is 36.4 Å².